The van der Waals surface area contributed by atoms with E-state index < -0.39 is 5.97 Å². The van der Waals surface area contributed by atoms with Gasteiger partial charge in [-0.05, 0) is 43.1 Å². The summed E-state index contributed by atoms with van der Waals surface area (Å²) in [6.45, 7) is 8.43. The Labute approximate surface area is 165 Å². The molecular weight excluding hydrogens is 364 g/mol. The van der Waals surface area contributed by atoms with Crippen molar-refractivity contribution in [2.45, 2.75) is 58.8 Å². The number of carbonyl (C=O) groups is 2. The molecule has 0 bridgehead atoms. The monoisotopic (exact) mass is 396 g/mol. The van der Waals surface area contributed by atoms with E-state index in [1.165, 1.54) is 16.3 Å². The summed E-state index contributed by atoms with van der Waals surface area (Å²) in [5.41, 5.74) is 0.203. The zero-order valence-corrected chi connectivity index (χ0v) is 17.8. The molecule has 7 heteroatoms. The summed E-state index contributed by atoms with van der Waals surface area (Å²) in [6, 6.07) is 1.82. The summed E-state index contributed by atoms with van der Waals surface area (Å²) in [5.74, 6) is -0.584. The lowest BCUT2D eigenvalue weighted by Gasteiger charge is -2.36. The molecule has 0 spiro atoms. The van der Waals surface area contributed by atoms with Gasteiger partial charge < -0.3 is 10.2 Å². The predicted molar refractivity (Wildman–Crippen MR) is 108 cm³/mol. The molecule has 1 amide bonds. The molecule has 27 heavy (non-hydrogen) atoms. The summed E-state index contributed by atoms with van der Waals surface area (Å²) in [5, 5.41) is 22.2. The molecule has 0 aromatic carbocycles. The fourth-order valence-electron chi connectivity index (χ4n) is 3.46. The molecule has 1 saturated carbocycles. The molecule has 2 N–H and O–H groups in total. The number of aliphatic hydroxyl groups is 1. The van der Waals surface area contributed by atoms with Gasteiger partial charge in [-0.25, -0.2) is 14.8 Å². The van der Waals surface area contributed by atoms with E-state index in [0.29, 0.717) is 11.6 Å². The third-order valence-electron chi connectivity index (χ3n) is 5.21. The lowest BCUT2D eigenvalue weighted by atomic mass is 9.82. The molecule has 1 aromatic heterocycles. The zero-order chi connectivity index (χ0) is 20.4. The average molecular weight is 397 g/mol. The van der Waals surface area contributed by atoms with E-state index in [1.54, 1.807) is 12.1 Å². The van der Waals surface area contributed by atoms with Crippen LogP contribution in [0.5, 0.6) is 0 Å². The number of aliphatic hydroxyl groups excluding tert-OH is 1. The Bertz CT molecular complexity index is 672. The van der Waals surface area contributed by atoms with Crippen LogP contribution in [0.2, 0.25) is 0 Å². The first kappa shape index (κ1) is 21.9. The van der Waals surface area contributed by atoms with Crippen molar-refractivity contribution in [1.29, 1.82) is 0 Å². The van der Waals surface area contributed by atoms with Gasteiger partial charge in [-0.1, -0.05) is 27.7 Å². The number of anilines is 1. The van der Waals surface area contributed by atoms with E-state index in [2.05, 4.69) is 6.92 Å². The first-order valence-corrected chi connectivity index (χ1v) is 10.4. The van der Waals surface area contributed by atoms with Crippen molar-refractivity contribution in [2.24, 2.45) is 11.8 Å². The molecule has 1 aliphatic rings. The van der Waals surface area contributed by atoms with Crippen LogP contribution in [-0.2, 0) is 10.2 Å². The average Bonchev–Trinajstić information content (AvgIpc) is 3.01. The van der Waals surface area contributed by atoms with Crippen molar-refractivity contribution < 1.29 is 19.8 Å². The van der Waals surface area contributed by atoms with Gasteiger partial charge in [0.05, 0.1) is 12.3 Å². The van der Waals surface area contributed by atoms with Crippen LogP contribution in [0.15, 0.2) is 6.07 Å². The molecular formula is C20H32N2O4S. The molecule has 0 saturated heterocycles. The largest absolute Gasteiger partial charge is 0.477 e. The summed E-state index contributed by atoms with van der Waals surface area (Å²) >= 11 is 1.22. The van der Waals surface area contributed by atoms with E-state index in [1.807, 2.05) is 26.8 Å². The molecule has 2 rings (SSSR count). The minimum atomic E-state index is -1.03. The van der Waals surface area contributed by atoms with E-state index >= 15 is 0 Å². The van der Waals surface area contributed by atoms with Gasteiger partial charge in [0.25, 0.3) is 0 Å². The molecule has 1 aromatic rings. The van der Waals surface area contributed by atoms with Crippen molar-refractivity contribution in [3.8, 4) is 0 Å². The second-order valence-corrected chi connectivity index (χ2v) is 9.64. The number of carbonyl (C=O) groups excluding carboxylic acids is 1. The van der Waals surface area contributed by atoms with Crippen molar-refractivity contribution in [3.05, 3.63) is 15.8 Å². The summed E-state index contributed by atoms with van der Waals surface area (Å²) in [7, 11) is 1.72. The van der Waals surface area contributed by atoms with Gasteiger partial charge in [0, 0.05) is 24.4 Å². The fraction of sp³-hybridized carbons (Fsp3) is 0.700. The first-order chi connectivity index (χ1) is 12.6. The number of amides is 1. The minimum absolute atomic E-state index is 0.0707. The number of hydrogen-bond acceptors (Lipinski definition) is 5. The van der Waals surface area contributed by atoms with Gasteiger partial charge in [-0.2, -0.15) is 0 Å². The molecule has 0 aliphatic heterocycles. The molecule has 152 valence electrons. The number of likely N-dealkylation sites (N-methyl/N-ethyl adjacent to an activating group) is 1. The summed E-state index contributed by atoms with van der Waals surface area (Å²) < 4.78 is 0. The van der Waals surface area contributed by atoms with E-state index in [9.17, 15) is 19.8 Å². The lowest BCUT2D eigenvalue weighted by molar-refractivity contribution is -0.126. The van der Waals surface area contributed by atoms with E-state index in [4.69, 9.17) is 0 Å². The molecule has 0 unspecified atom stereocenters. The van der Waals surface area contributed by atoms with Gasteiger partial charge in [0.15, 0.2) is 0 Å². The highest BCUT2D eigenvalue weighted by molar-refractivity contribution is 7.14. The molecule has 1 aliphatic carbocycles. The Hall–Kier alpha value is -1.44. The smallest absolute Gasteiger partial charge is 0.348 e. The number of thiophene rings is 1. The van der Waals surface area contributed by atoms with Crippen LogP contribution in [0.25, 0.3) is 0 Å². The van der Waals surface area contributed by atoms with E-state index in [0.717, 1.165) is 30.6 Å². The van der Waals surface area contributed by atoms with Crippen LogP contribution < -0.4 is 5.01 Å². The number of rotatable bonds is 6. The highest BCUT2D eigenvalue weighted by Crippen LogP contribution is 2.39. The minimum Gasteiger partial charge on any atom is -0.477 e. The first-order valence-electron chi connectivity index (χ1n) is 9.59. The molecule has 1 fully saturated rings. The Morgan fingerprint density at radius 2 is 1.81 bits per heavy atom. The van der Waals surface area contributed by atoms with Gasteiger partial charge in [-0.15, -0.1) is 11.3 Å². The normalized spacial score (nSPS) is 20.7. The molecule has 0 radical (unpaired) electrons. The number of carboxylic acids is 1. The van der Waals surface area contributed by atoms with Crippen LogP contribution in [-0.4, -0.2) is 47.3 Å². The predicted octanol–water partition coefficient (Wildman–Crippen LogP) is 3.74. The zero-order valence-electron chi connectivity index (χ0n) is 17.0. The van der Waals surface area contributed by atoms with Crippen molar-refractivity contribution in [2.75, 3.05) is 25.2 Å². The topological polar surface area (TPSA) is 81.1 Å². The van der Waals surface area contributed by atoms with Crippen molar-refractivity contribution >= 4 is 28.9 Å². The number of nitrogens with zero attached hydrogens (tertiary/aromatic N) is 2. The summed E-state index contributed by atoms with van der Waals surface area (Å²) in [6.07, 6.45) is 3.66. The van der Waals surface area contributed by atoms with Crippen LogP contribution >= 0.6 is 11.3 Å². The van der Waals surface area contributed by atoms with E-state index in [-0.39, 0.29) is 35.3 Å². The maximum absolute atomic E-state index is 13.4. The number of carboxylic acid groups (broad SMARTS) is 1. The van der Waals surface area contributed by atoms with Crippen molar-refractivity contribution in [3.63, 3.8) is 0 Å². The Balaban J connectivity index is 2.46. The maximum Gasteiger partial charge on any atom is 0.348 e. The van der Waals surface area contributed by atoms with Crippen molar-refractivity contribution in [1.82, 2.24) is 5.01 Å². The third-order valence-corrected chi connectivity index (χ3v) is 6.75. The highest BCUT2D eigenvalue weighted by atomic mass is 32.1. The standard InChI is InChI=1S/C20H32N2O4S/c1-13-6-8-14(9-7-13)18(24)22(21(5)10-11-23)15-12-16(20(2,3)4)27-17(15)19(25)26/h12-14,23H,6-11H2,1-5H3,(H,25,26). The van der Waals surface area contributed by atoms with Crippen LogP contribution in [0, 0.1) is 11.8 Å². The number of hydrogen-bond donors (Lipinski definition) is 2. The number of aromatic carboxylic acids is 1. The van der Waals surface area contributed by atoms with Gasteiger partial charge in [-0.3, -0.25) is 4.79 Å². The Morgan fingerprint density at radius 1 is 1.22 bits per heavy atom. The lowest BCUT2D eigenvalue weighted by Crippen LogP contribution is -2.49. The van der Waals surface area contributed by atoms with Gasteiger partial charge in [0.1, 0.15) is 4.88 Å². The van der Waals surface area contributed by atoms with Crippen LogP contribution in [0.1, 0.15) is 67.9 Å². The SMILES string of the molecule is CC1CCC(C(=O)N(c2cc(C(C)(C)C)sc2C(=O)O)N(C)CCO)CC1. The van der Waals surface area contributed by atoms with Gasteiger partial charge >= 0.3 is 5.97 Å². The Kier molecular flexibility index (Phi) is 7.05. The van der Waals surface area contributed by atoms with Crippen LogP contribution in [0.4, 0.5) is 5.69 Å². The molecule has 1 heterocycles. The second kappa shape index (κ2) is 8.71. The quantitative estimate of drug-likeness (QED) is 0.716. The maximum atomic E-state index is 13.4. The molecule has 0 atom stereocenters. The second-order valence-electron chi connectivity index (χ2n) is 8.59. The molecule has 6 nitrogen and oxygen atoms in total. The highest BCUT2D eigenvalue weighted by Gasteiger charge is 2.35. The van der Waals surface area contributed by atoms with Gasteiger partial charge in [0.2, 0.25) is 5.91 Å². The summed E-state index contributed by atoms with van der Waals surface area (Å²) in [4.78, 5) is 26.4. The third kappa shape index (κ3) is 5.09. The van der Waals surface area contributed by atoms with Crippen LogP contribution in [0.3, 0.4) is 0 Å². The Morgan fingerprint density at radius 3 is 2.30 bits per heavy atom. The number of hydrazine groups is 1. The fourth-order valence-corrected chi connectivity index (χ4v) is 4.49.